The minimum atomic E-state index is -0.521. The number of nitrogens with one attached hydrogen (secondary N) is 3. The van der Waals surface area contributed by atoms with E-state index < -0.39 is 16.8 Å². The lowest BCUT2D eigenvalue weighted by atomic mass is 9.82. The number of aromatic nitrogens is 2. The van der Waals surface area contributed by atoms with Gasteiger partial charge in [-0.25, -0.2) is 4.79 Å². The van der Waals surface area contributed by atoms with E-state index in [1.54, 1.807) is 6.92 Å². The maximum absolute atomic E-state index is 13.3. The molecule has 1 aromatic heterocycles. The van der Waals surface area contributed by atoms with Gasteiger partial charge in [-0.15, -0.1) is 0 Å². The molecule has 1 atom stereocenters. The number of fused-ring (bicyclic) bond motifs is 1. The van der Waals surface area contributed by atoms with Crippen molar-refractivity contribution in [2.75, 3.05) is 30.9 Å². The van der Waals surface area contributed by atoms with Gasteiger partial charge in [-0.1, -0.05) is 23.7 Å². The van der Waals surface area contributed by atoms with Crippen LogP contribution in [-0.4, -0.2) is 47.0 Å². The number of H-pyrrole nitrogens is 1. The minimum absolute atomic E-state index is 0.0447. The number of esters is 1. The lowest BCUT2D eigenvalue weighted by molar-refractivity contribution is -0.384. The molecule has 3 N–H and O–H groups in total. The van der Waals surface area contributed by atoms with Crippen LogP contribution < -0.4 is 15.6 Å². The van der Waals surface area contributed by atoms with Crippen molar-refractivity contribution in [3.05, 3.63) is 92.4 Å². The van der Waals surface area contributed by atoms with Gasteiger partial charge in [0.2, 0.25) is 0 Å². The van der Waals surface area contributed by atoms with Crippen LogP contribution in [0.1, 0.15) is 35.2 Å². The van der Waals surface area contributed by atoms with Gasteiger partial charge in [0.15, 0.2) is 11.0 Å². The van der Waals surface area contributed by atoms with Gasteiger partial charge in [0.1, 0.15) is 5.82 Å². The van der Waals surface area contributed by atoms with Crippen molar-refractivity contribution < 1.29 is 14.5 Å². The molecule has 2 aromatic carbocycles. The van der Waals surface area contributed by atoms with Gasteiger partial charge in [0.25, 0.3) is 5.69 Å². The minimum Gasteiger partial charge on any atom is -0.463 e. The Kier molecular flexibility index (Phi) is 7.44. The van der Waals surface area contributed by atoms with Gasteiger partial charge >= 0.3 is 5.97 Å². The predicted octanol–water partition coefficient (Wildman–Crippen LogP) is 4.21. The molecule has 1 unspecified atom stereocenters. The van der Waals surface area contributed by atoms with Gasteiger partial charge < -0.3 is 15.0 Å². The zero-order valence-corrected chi connectivity index (χ0v) is 21.5. The van der Waals surface area contributed by atoms with Crippen molar-refractivity contribution in [3.63, 3.8) is 0 Å². The van der Waals surface area contributed by atoms with Crippen LogP contribution in [-0.2, 0) is 9.53 Å². The number of carbonyl (C=O) groups is 1. The molecule has 0 saturated heterocycles. The second kappa shape index (κ2) is 10.7. The Morgan fingerprint density at radius 1 is 1.22 bits per heavy atom. The number of nitrogens with zero attached hydrogens (tertiary/aromatic N) is 4. The van der Waals surface area contributed by atoms with Crippen molar-refractivity contribution in [3.8, 4) is 0 Å². The fraction of sp³-hybridized carbons (Fsp3) is 0.240. The van der Waals surface area contributed by atoms with Crippen molar-refractivity contribution in [1.29, 1.82) is 0 Å². The maximum Gasteiger partial charge on any atom is 0.338 e. The summed E-state index contributed by atoms with van der Waals surface area (Å²) in [5.74, 6) is -0.219. The highest BCUT2D eigenvalue weighted by molar-refractivity contribution is 6.69. The van der Waals surface area contributed by atoms with E-state index in [4.69, 9.17) is 16.3 Å². The molecule has 0 saturated carbocycles. The Bertz CT molecular complexity index is 1380. The summed E-state index contributed by atoms with van der Waals surface area (Å²) in [4.78, 5) is 25.7. The average molecular weight is 524 g/mol. The lowest BCUT2D eigenvalue weighted by Gasteiger charge is -2.28. The van der Waals surface area contributed by atoms with E-state index in [0.717, 1.165) is 22.5 Å². The van der Waals surface area contributed by atoms with Gasteiger partial charge in [-0.2, -0.15) is 10.2 Å². The SMILES string of the molecule is CCOC(=O)C1=C(N/N=C(/Cl)c2ccc([N+](=O)[O-])cc2)Nc2n[nH]c(C)c2C1c1ccc(N(C)C)cc1. The Morgan fingerprint density at radius 3 is 2.49 bits per heavy atom. The number of anilines is 2. The second-order valence-electron chi connectivity index (χ2n) is 8.48. The summed E-state index contributed by atoms with van der Waals surface area (Å²) < 4.78 is 5.42. The molecule has 192 valence electrons. The zero-order chi connectivity index (χ0) is 26.7. The molecule has 2 heterocycles. The summed E-state index contributed by atoms with van der Waals surface area (Å²) in [6.45, 7) is 3.81. The normalized spacial score (nSPS) is 15.1. The number of carbonyl (C=O) groups excluding carboxylic acids is 1. The predicted molar refractivity (Wildman–Crippen MR) is 142 cm³/mol. The third-order valence-electron chi connectivity index (χ3n) is 5.90. The largest absolute Gasteiger partial charge is 0.463 e. The highest BCUT2D eigenvalue weighted by Crippen LogP contribution is 2.42. The first kappa shape index (κ1) is 25.7. The number of hydrogen-bond acceptors (Lipinski definition) is 9. The van der Waals surface area contributed by atoms with E-state index >= 15 is 0 Å². The van der Waals surface area contributed by atoms with Gasteiger partial charge in [-0.05, 0) is 43.7 Å². The molecule has 37 heavy (non-hydrogen) atoms. The topological polar surface area (TPSA) is 138 Å². The van der Waals surface area contributed by atoms with Gasteiger partial charge in [0.05, 0.1) is 23.0 Å². The molecule has 4 rings (SSSR count). The molecule has 0 aliphatic carbocycles. The molecule has 12 heteroatoms. The lowest BCUT2D eigenvalue weighted by Crippen LogP contribution is -2.30. The molecular formula is C25H26ClN7O4. The molecule has 0 spiro atoms. The standard InChI is InChI=1S/C25H26ClN7O4/c1-5-37-25(34)21-20(15-6-10-17(11-7-15)32(3)4)19-14(2)28-30-23(19)27-24(21)31-29-22(26)16-8-12-18(13-9-16)33(35)36/h6-13,20,31H,5H2,1-4H3,(H2,27,28,30)/b29-22+. The summed E-state index contributed by atoms with van der Waals surface area (Å²) in [6, 6.07) is 13.5. The number of aromatic amines is 1. The summed E-state index contributed by atoms with van der Waals surface area (Å²) in [6.07, 6.45) is 0. The third kappa shape index (κ3) is 5.26. The highest BCUT2D eigenvalue weighted by atomic mass is 35.5. The van der Waals surface area contributed by atoms with Crippen molar-refractivity contribution in [2.45, 2.75) is 19.8 Å². The Hall–Kier alpha value is -4.38. The van der Waals surface area contributed by atoms with E-state index in [1.165, 1.54) is 24.3 Å². The molecule has 0 radical (unpaired) electrons. The number of rotatable bonds is 8. The number of ether oxygens (including phenoxy) is 1. The van der Waals surface area contributed by atoms with Crippen LogP contribution in [0.15, 0.2) is 65.0 Å². The molecule has 0 fully saturated rings. The van der Waals surface area contributed by atoms with Crippen LogP contribution in [0.25, 0.3) is 0 Å². The van der Waals surface area contributed by atoms with Gasteiger partial charge in [-0.3, -0.25) is 20.6 Å². The first-order valence-corrected chi connectivity index (χ1v) is 11.8. The molecule has 11 nitrogen and oxygen atoms in total. The summed E-state index contributed by atoms with van der Waals surface area (Å²) >= 11 is 6.38. The van der Waals surface area contributed by atoms with Crippen LogP contribution in [0.5, 0.6) is 0 Å². The van der Waals surface area contributed by atoms with Crippen molar-refractivity contribution in [1.82, 2.24) is 15.6 Å². The van der Waals surface area contributed by atoms with Crippen molar-refractivity contribution >= 4 is 39.9 Å². The fourth-order valence-corrected chi connectivity index (χ4v) is 4.23. The highest BCUT2D eigenvalue weighted by Gasteiger charge is 2.37. The molecular weight excluding hydrogens is 498 g/mol. The van der Waals surface area contributed by atoms with Crippen LogP contribution in [0.3, 0.4) is 0 Å². The maximum atomic E-state index is 13.3. The number of aryl methyl sites for hydroxylation is 1. The number of hydrazone groups is 1. The second-order valence-corrected chi connectivity index (χ2v) is 8.84. The number of hydrogen-bond donors (Lipinski definition) is 3. The third-order valence-corrected chi connectivity index (χ3v) is 6.21. The quantitative estimate of drug-likeness (QED) is 0.173. The number of nitro benzene ring substituents is 1. The summed E-state index contributed by atoms with van der Waals surface area (Å²) in [5.41, 5.74) is 7.06. The zero-order valence-electron chi connectivity index (χ0n) is 20.7. The van der Waals surface area contributed by atoms with Crippen molar-refractivity contribution in [2.24, 2.45) is 5.10 Å². The Labute approximate surface area is 218 Å². The number of halogens is 1. The fourth-order valence-electron chi connectivity index (χ4n) is 4.07. The molecule has 0 bridgehead atoms. The Morgan fingerprint density at radius 2 is 1.89 bits per heavy atom. The first-order chi connectivity index (χ1) is 17.7. The van der Waals surface area contributed by atoms with Crippen LogP contribution in [0.2, 0.25) is 0 Å². The van der Waals surface area contributed by atoms with Crippen LogP contribution in [0.4, 0.5) is 17.2 Å². The molecule has 1 aliphatic heterocycles. The summed E-state index contributed by atoms with van der Waals surface area (Å²) in [5, 5.41) is 25.7. The summed E-state index contributed by atoms with van der Waals surface area (Å²) in [7, 11) is 3.91. The van der Waals surface area contributed by atoms with E-state index in [-0.39, 0.29) is 23.3 Å². The Balaban J connectivity index is 1.78. The monoisotopic (exact) mass is 523 g/mol. The number of non-ortho nitro benzene ring substituents is 1. The molecule has 1 aliphatic rings. The van der Waals surface area contributed by atoms with Gasteiger partial charge in [0, 0.05) is 48.7 Å². The molecule has 0 amide bonds. The average Bonchev–Trinajstić information content (AvgIpc) is 3.26. The van der Waals surface area contributed by atoms with E-state index in [1.807, 2.05) is 50.2 Å². The number of nitro groups is 1. The van der Waals surface area contributed by atoms with Crippen LogP contribution in [0, 0.1) is 17.0 Å². The van der Waals surface area contributed by atoms with Crippen LogP contribution >= 0.6 is 11.6 Å². The smallest absolute Gasteiger partial charge is 0.338 e. The van der Waals surface area contributed by atoms with E-state index in [0.29, 0.717) is 17.0 Å². The number of benzene rings is 2. The van der Waals surface area contributed by atoms with E-state index in [2.05, 4.69) is 26.0 Å². The first-order valence-electron chi connectivity index (χ1n) is 11.5. The van der Waals surface area contributed by atoms with E-state index in [9.17, 15) is 14.9 Å². The molecule has 3 aromatic rings.